The fourth-order valence-electron chi connectivity index (χ4n) is 5.14. The van der Waals surface area contributed by atoms with Crippen molar-refractivity contribution < 1.29 is 0 Å². The van der Waals surface area contributed by atoms with E-state index in [4.69, 9.17) is 9.97 Å². The van der Waals surface area contributed by atoms with Crippen molar-refractivity contribution in [3.8, 4) is 67.3 Å². The Morgan fingerprint density at radius 2 is 0.714 bits per heavy atom. The summed E-state index contributed by atoms with van der Waals surface area (Å²) in [5, 5.41) is 0. The molecular formula is C38H26N4. The first kappa shape index (κ1) is 25.2. The summed E-state index contributed by atoms with van der Waals surface area (Å²) in [5.41, 5.74) is 11.3. The summed E-state index contributed by atoms with van der Waals surface area (Å²) < 4.78 is 0. The minimum Gasteiger partial charge on any atom is -0.244 e. The molecule has 198 valence electrons. The molecule has 2 aromatic heterocycles. The first-order valence-corrected chi connectivity index (χ1v) is 13.9. The molecule has 0 N–H and O–H groups in total. The van der Waals surface area contributed by atoms with E-state index < -0.39 is 0 Å². The number of benzene rings is 5. The predicted molar refractivity (Wildman–Crippen MR) is 170 cm³/mol. The Morgan fingerprint density at radius 1 is 0.310 bits per heavy atom. The second-order valence-corrected chi connectivity index (χ2v) is 10.1. The summed E-state index contributed by atoms with van der Waals surface area (Å²) in [5.74, 6) is 0.679. The van der Waals surface area contributed by atoms with Gasteiger partial charge in [-0.3, -0.25) is 0 Å². The Labute approximate surface area is 245 Å². The lowest BCUT2D eigenvalue weighted by Gasteiger charge is -2.12. The predicted octanol–water partition coefficient (Wildman–Crippen LogP) is 9.27. The number of rotatable bonds is 6. The van der Waals surface area contributed by atoms with Crippen LogP contribution < -0.4 is 0 Å². The van der Waals surface area contributed by atoms with Crippen molar-refractivity contribution in [2.24, 2.45) is 0 Å². The van der Waals surface area contributed by atoms with Crippen LogP contribution in [0.4, 0.5) is 0 Å². The van der Waals surface area contributed by atoms with Crippen molar-refractivity contribution in [2.45, 2.75) is 0 Å². The van der Waals surface area contributed by atoms with Gasteiger partial charge in [-0.2, -0.15) is 0 Å². The summed E-state index contributed by atoms with van der Waals surface area (Å²) in [6.45, 7) is 0. The van der Waals surface area contributed by atoms with Crippen LogP contribution in [-0.4, -0.2) is 19.9 Å². The summed E-state index contributed by atoms with van der Waals surface area (Å²) in [4.78, 5) is 18.6. The van der Waals surface area contributed by atoms with Gasteiger partial charge in [0.1, 0.15) is 6.33 Å². The third kappa shape index (κ3) is 5.34. The van der Waals surface area contributed by atoms with Gasteiger partial charge in [0.15, 0.2) is 5.82 Å². The van der Waals surface area contributed by atoms with Crippen LogP contribution in [0.1, 0.15) is 0 Å². The molecule has 0 aliphatic carbocycles. The van der Waals surface area contributed by atoms with Gasteiger partial charge < -0.3 is 0 Å². The lowest BCUT2D eigenvalue weighted by Crippen LogP contribution is -1.96. The molecule has 7 aromatic rings. The zero-order chi connectivity index (χ0) is 28.1. The molecule has 0 spiro atoms. The molecular weight excluding hydrogens is 512 g/mol. The van der Waals surface area contributed by atoms with E-state index in [-0.39, 0.29) is 0 Å². The third-order valence-electron chi connectivity index (χ3n) is 7.27. The molecule has 0 bridgehead atoms. The highest BCUT2D eigenvalue weighted by atomic mass is 14.9. The first-order valence-electron chi connectivity index (χ1n) is 13.9. The zero-order valence-electron chi connectivity index (χ0n) is 22.8. The SMILES string of the molecule is c1ccc(-c2cccc(-c3cc(-c4cccc(-c5cncnc5)c4)nc(-c4cccc(-c5ccccc5)c4)n3)c2)cc1. The summed E-state index contributed by atoms with van der Waals surface area (Å²) >= 11 is 0. The van der Waals surface area contributed by atoms with Gasteiger partial charge in [0.05, 0.1) is 11.4 Å². The van der Waals surface area contributed by atoms with Gasteiger partial charge in [0, 0.05) is 34.6 Å². The van der Waals surface area contributed by atoms with E-state index in [1.54, 1.807) is 6.33 Å². The molecule has 7 rings (SSSR count). The molecule has 5 aromatic carbocycles. The van der Waals surface area contributed by atoms with E-state index in [1.165, 1.54) is 5.56 Å². The number of hydrogen-bond acceptors (Lipinski definition) is 4. The molecule has 0 aliphatic heterocycles. The van der Waals surface area contributed by atoms with Crippen LogP contribution in [0.3, 0.4) is 0 Å². The van der Waals surface area contributed by atoms with Crippen LogP contribution in [0.25, 0.3) is 67.3 Å². The minimum absolute atomic E-state index is 0.679. The highest BCUT2D eigenvalue weighted by Gasteiger charge is 2.13. The van der Waals surface area contributed by atoms with E-state index in [1.807, 2.05) is 30.6 Å². The van der Waals surface area contributed by atoms with Crippen molar-refractivity contribution in [1.29, 1.82) is 0 Å². The van der Waals surface area contributed by atoms with E-state index in [2.05, 4.69) is 131 Å². The number of nitrogens with zero attached hydrogens (tertiary/aromatic N) is 4. The molecule has 42 heavy (non-hydrogen) atoms. The zero-order valence-corrected chi connectivity index (χ0v) is 22.8. The molecule has 0 fully saturated rings. The van der Waals surface area contributed by atoms with E-state index >= 15 is 0 Å². The highest BCUT2D eigenvalue weighted by Crippen LogP contribution is 2.32. The Kier molecular flexibility index (Phi) is 6.85. The van der Waals surface area contributed by atoms with Crippen LogP contribution in [0.5, 0.6) is 0 Å². The topological polar surface area (TPSA) is 51.6 Å². The largest absolute Gasteiger partial charge is 0.244 e. The highest BCUT2D eigenvalue weighted by molar-refractivity contribution is 5.78. The second-order valence-electron chi connectivity index (χ2n) is 10.1. The average Bonchev–Trinajstić information content (AvgIpc) is 3.09. The van der Waals surface area contributed by atoms with Gasteiger partial charge in [-0.1, -0.05) is 115 Å². The lowest BCUT2D eigenvalue weighted by molar-refractivity contribution is 1.17. The van der Waals surface area contributed by atoms with Gasteiger partial charge >= 0.3 is 0 Å². The van der Waals surface area contributed by atoms with Gasteiger partial charge in [0.25, 0.3) is 0 Å². The Morgan fingerprint density at radius 3 is 1.24 bits per heavy atom. The Bertz CT molecular complexity index is 1730. The van der Waals surface area contributed by atoms with Crippen LogP contribution in [-0.2, 0) is 0 Å². The maximum atomic E-state index is 5.12. The molecule has 0 atom stereocenters. The standard InChI is InChI=1S/C38H26N4/c1-3-10-27(11-4-1)29-14-7-17-32(20-29)36-23-37(33-18-8-16-31(21-33)35-24-39-26-40-25-35)42-38(41-36)34-19-9-15-30(22-34)28-12-5-2-6-13-28/h1-26H. The number of aromatic nitrogens is 4. The van der Waals surface area contributed by atoms with Crippen LogP contribution in [0.2, 0.25) is 0 Å². The third-order valence-corrected chi connectivity index (χ3v) is 7.27. The number of hydrogen-bond donors (Lipinski definition) is 0. The van der Waals surface area contributed by atoms with Crippen LogP contribution in [0.15, 0.2) is 158 Å². The van der Waals surface area contributed by atoms with Gasteiger partial charge in [-0.15, -0.1) is 0 Å². The maximum Gasteiger partial charge on any atom is 0.160 e. The quantitative estimate of drug-likeness (QED) is 0.212. The molecule has 0 saturated carbocycles. The van der Waals surface area contributed by atoms with Gasteiger partial charge in [-0.05, 0) is 52.1 Å². The van der Waals surface area contributed by atoms with Crippen molar-refractivity contribution in [3.63, 3.8) is 0 Å². The maximum absolute atomic E-state index is 5.12. The van der Waals surface area contributed by atoms with Gasteiger partial charge in [-0.25, -0.2) is 19.9 Å². The molecule has 0 radical (unpaired) electrons. The Balaban J connectivity index is 1.38. The first-order chi connectivity index (χ1) is 20.8. The van der Waals surface area contributed by atoms with E-state index in [9.17, 15) is 0 Å². The molecule has 4 nitrogen and oxygen atoms in total. The van der Waals surface area contributed by atoms with Crippen molar-refractivity contribution in [2.75, 3.05) is 0 Å². The summed E-state index contributed by atoms with van der Waals surface area (Å²) in [6, 6.07) is 48.2. The van der Waals surface area contributed by atoms with E-state index in [0.717, 1.165) is 55.9 Å². The molecule has 0 aliphatic rings. The summed E-state index contributed by atoms with van der Waals surface area (Å²) in [6.07, 6.45) is 5.20. The normalized spacial score (nSPS) is 10.9. The van der Waals surface area contributed by atoms with Crippen LogP contribution in [0, 0.1) is 0 Å². The van der Waals surface area contributed by atoms with E-state index in [0.29, 0.717) is 5.82 Å². The van der Waals surface area contributed by atoms with Crippen LogP contribution >= 0.6 is 0 Å². The fourth-order valence-corrected chi connectivity index (χ4v) is 5.14. The van der Waals surface area contributed by atoms with Gasteiger partial charge in [0.2, 0.25) is 0 Å². The summed E-state index contributed by atoms with van der Waals surface area (Å²) in [7, 11) is 0. The minimum atomic E-state index is 0.679. The molecule has 0 amide bonds. The molecule has 4 heteroatoms. The molecule has 2 heterocycles. The van der Waals surface area contributed by atoms with Crippen molar-refractivity contribution in [1.82, 2.24) is 19.9 Å². The Hall–Kier alpha value is -5.74. The van der Waals surface area contributed by atoms with Crippen molar-refractivity contribution in [3.05, 3.63) is 158 Å². The smallest absolute Gasteiger partial charge is 0.160 e. The molecule has 0 unspecified atom stereocenters. The monoisotopic (exact) mass is 538 g/mol. The molecule has 0 saturated heterocycles. The second kappa shape index (κ2) is 11.4. The lowest BCUT2D eigenvalue weighted by atomic mass is 9.99. The van der Waals surface area contributed by atoms with Crippen molar-refractivity contribution >= 4 is 0 Å². The average molecular weight is 539 g/mol. The fraction of sp³-hybridized carbons (Fsp3) is 0.